The molecule has 5 aromatic rings. The van der Waals surface area contributed by atoms with Gasteiger partial charge in [0, 0.05) is 6.08 Å². The van der Waals surface area contributed by atoms with Gasteiger partial charge in [-0.15, -0.1) is 0 Å². The molecule has 0 amide bonds. The first-order valence-electron chi connectivity index (χ1n) is 18.6. The van der Waals surface area contributed by atoms with Gasteiger partial charge >= 0.3 is 29.8 Å². The highest BCUT2D eigenvalue weighted by atomic mass is 16.7. The molecule has 1 aliphatic heterocycles. The normalized spacial score (nSPS) is 17.9. The van der Waals surface area contributed by atoms with E-state index in [0.717, 1.165) is 6.08 Å². The van der Waals surface area contributed by atoms with Crippen molar-refractivity contribution in [2.75, 3.05) is 6.61 Å². The Morgan fingerprint density at radius 3 is 1.23 bits per heavy atom. The van der Waals surface area contributed by atoms with Gasteiger partial charge in [0.1, 0.15) is 12.7 Å². The average molecular weight is 919 g/mol. The van der Waals surface area contributed by atoms with Crippen molar-refractivity contribution < 1.29 is 114 Å². The van der Waals surface area contributed by atoms with Crippen LogP contribution in [-0.4, -0.2) is 128 Å². The van der Waals surface area contributed by atoms with Crippen LogP contribution in [0.3, 0.4) is 0 Å². The van der Waals surface area contributed by atoms with E-state index in [9.17, 15) is 85.3 Å². The number of hydrogen-bond donors (Lipinski definition) is 12. The summed E-state index contributed by atoms with van der Waals surface area (Å²) in [4.78, 5) is 68.2. The van der Waals surface area contributed by atoms with Crippen molar-refractivity contribution >= 4 is 35.9 Å². The van der Waals surface area contributed by atoms with Gasteiger partial charge in [0.05, 0.1) is 22.3 Å². The number of carbonyl (C=O) groups is 5. The monoisotopic (exact) mass is 918 g/mol. The molecule has 0 bridgehead atoms. The quantitative estimate of drug-likeness (QED) is 0.0370. The van der Waals surface area contributed by atoms with Crippen LogP contribution in [0.5, 0.6) is 69.0 Å². The first kappa shape index (κ1) is 46.3. The molecule has 0 spiro atoms. The summed E-state index contributed by atoms with van der Waals surface area (Å²) in [6.07, 6.45) is -9.26. The number of phenolic OH excluding ortho intramolecular Hbond substituents is 12. The third-order valence-electron chi connectivity index (χ3n) is 9.36. The van der Waals surface area contributed by atoms with Crippen LogP contribution in [-0.2, 0) is 33.2 Å². The summed E-state index contributed by atoms with van der Waals surface area (Å²) < 4.78 is 33.6. The van der Waals surface area contributed by atoms with Crippen molar-refractivity contribution in [1.29, 1.82) is 0 Å². The van der Waals surface area contributed by atoms with Crippen LogP contribution in [0.2, 0.25) is 0 Å². The van der Waals surface area contributed by atoms with E-state index in [1.807, 2.05) is 0 Å². The number of rotatable bonds is 12. The highest BCUT2D eigenvalue weighted by Crippen LogP contribution is 2.40. The fraction of sp³-hybridized carbons (Fsp3) is 0.140. The van der Waals surface area contributed by atoms with E-state index in [-0.39, 0.29) is 0 Å². The van der Waals surface area contributed by atoms with Gasteiger partial charge in [-0.1, -0.05) is 30.3 Å². The van der Waals surface area contributed by atoms with E-state index in [0.29, 0.717) is 54.1 Å². The minimum Gasteiger partial charge on any atom is -0.504 e. The van der Waals surface area contributed by atoms with E-state index >= 15 is 0 Å². The molecule has 1 saturated heterocycles. The number of ether oxygens (including phenoxy) is 6. The van der Waals surface area contributed by atoms with Gasteiger partial charge in [-0.05, 0) is 60.2 Å². The van der Waals surface area contributed by atoms with E-state index in [2.05, 4.69) is 0 Å². The molecule has 1 fully saturated rings. The van der Waals surface area contributed by atoms with Gasteiger partial charge in [0.25, 0.3) is 0 Å². The number of carbonyl (C=O) groups excluding carboxylic acids is 5. The zero-order chi connectivity index (χ0) is 48.1. The van der Waals surface area contributed by atoms with Crippen LogP contribution in [0.15, 0.2) is 84.9 Å². The maximum Gasteiger partial charge on any atom is 0.340 e. The molecule has 0 aromatic heterocycles. The second-order valence-corrected chi connectivity index (χ2v) is 13.9. The zero-order valence-corrected chi connectivity index (χ0v) is 33.1. The van der Waals surface area contributed by atoms with Crippen molar-refractivity contribution in [3.05, 3.63) is 113 Å². The minimum absolute atomic E-state index is 0.459. The second kappa shape index (κ2) is 19.0. The first-order chi connectivity index (χ1) is 31.2. The molecule has 66 heavy (non-hydrogen) atoms. The maximum absolute atomic E-state index is 13.9. The van der Waals surface area contributed by atoms with E-state index in [4.69, 9.17) is 28.4 Å². The van der Waals surface area contributed by atoms with E-state index < -0.39 is 158 Å². The third kappa shape index (κ3) is 10.2. The van der Waals surface area contributed by atoms with Crippen molar-refractivity contribution in [2.24, 2.45) is 0 Å². The molecule has 344 valence electrons. The van der Waals surface area contributed by atoms with E-state index in [1.54, 1.807) is 30.3 Å². The lowest BCUT2D eigenvalue weighted by atomic mass is 9.97. The molecular weight excluding hydrogens is 884 g/mol. The predicted molar refractivity (Wildman–Crippen MR) is 214 cm³/mol. The molecule has 0 unspecified atom stereocenters. The zero-order valence-electron chi connectivity index (χ0n) is 33.1. The van der Waals surface area contributed by atoms with Crippen molar-refractivity contribution in [1.82, 2.24) is 0 Å². The average Bonchev–Trinajstić information content (AvgIpc) is 3.28. The lowest BCUT2D eigenvalue weighted by Crippen LogP contribution is -2.63. The molecule has 23 nitrogen and oxygen atoms in total. The molecule has 12 N–H and O–H groups in total. The summed E-state index contributed by atoms with van der Waals surface area (Å²) in [7, 11) is 0. The number of aromatic hydroxyl groups is 12. The lowest BCUT2D eigenvalue weighted by Gasteiger charge is -2.43. The lowest BCUT2D eigenvalue weighted by molar-refractivity contribution is -0.286. The Morgan fingerprint density at radius 1 is 0.455 bits per heavy atom. The molecule has 6 rings (SSSR count). The molecule has 0 radical (unpaired) electrons. The molecule has 1 aliphatic rings. The predicted octanol–water partition coefficient (Wildman–Crippen LogP) is 2.97. The molecular formula is C43H34O23. The highest BCUT2D eigenvalue weighted by Gasteiger charge is 2.55. The fourth-order valence-corrected chi connectivity index (χ4v) is 6.10. The third-order valence-corrected chi connectivity index (χ3v) is 9.36. The molecule has 0 saturated carbocycles. The SMILES string of the molecule is O=C(C=Cc1ccccc1)O[C@H]1[C@H](OC(=O)c2cc(O)c(O)c(O)c2)[C@@H](OC(=O)c2cc(O)c(O)c(O)c2)[C@H](OC(=O)c2cc(O)c(O)c(O)c2)O[C@@H]1COC(=O)c1cc(O)c(O)c(O)c1. The molecule has 5 atom stereocenters. The Hall–Kier alpha value is -9.25. The standard InChI is InChI=1S/C43H34O23/c44-22-8-18(9-23(45)32(22)53)39(57)61-16-30-36(63-31(52)7-6-17-4-2-1-3-5-17)37(64-40(58)19-10-24(46)33(54)25(47)11-19)38(65-41(59)20-12-26(48)34(55)27(49)13-20)43(62-30)66-42(60)21-14-28(50)35(56)29(51)15-21/h1-15,30,36-38,43-51,53-56H,16H2/t30-,36-,37+,38-,43+/m1/s1. The van der Waals surface area contributed by atoms with Crippen LogP contribution in [0.25, 0.3) is 6.08 Å². The molecule has 0 aliphatic carbocycles. The van der Waals surface area contributed by atoms with Gasteiger partial charge in [0.15, 0.2) is 81.2 Å². The van der Waals surface area contributed by atoms with Gasteiger partial charge in [0.2, 0.25) is 12.4 Å². The van der Waals surface area contributed by atoms with Crippen molar-refractivity contribution in [2.45, 2.75) is 30.7 Å². The smallest absolute Gasteiger partial charge is 0.340 e. The van der Waals surface area contributed by atoms with Crippen LogP contribution in [0.4, 0.5) is 0 Å². The highest BCUT2D eigenvalue weighted by molar-refractivity contribution is 5.94. The maximum atomic E-state index is 13.9. The first-order valence-corrected chi connectivity index (χ1v) is 18.6. The molecule has 23 heteroatoms. The van der Waals surface area contributed by atoms with Crippen LogP contribution >= 0.6 is 0 Å². The van der Waals surface area contributed by atoms with Crippen molar-refractivity contribution in [3.8, 4) is 69.0 Å². The number of benzene rings is 5. The molecule has 1 heterocycles. The Bertz CT molecular complexity index is 2660. The van der Waals surface area contributed by atoms with Crippen LogP contribution in [0.1, 0.15) is 47.0 Å². The summed E-state index contributed by atoms with van der Waals surface area (Å²) in [6.45, 7) is -1.12. The number of hydrogen-bond acceptors (Lipinski definition) is 23. The summed E-state index contributed by atoms with van der Waals surface area (Å²) in [5.74, 6) is -19.8. The van der Waals surface area contributed by atoms with Crippen LogP contribution in [0, 0.1) is 0 Å². The number of phenols is 12. The Kier molecular flexibility index (Phi) is 13.3. The van der Waals surface area contributed by atoms with Crippen LogP contribution < -0.4 is 0 Å². The summed E-state index contributed by atoms with van der Waals surface area (Å²) >= 11 is 0. The topological polar surface area (TPSA) is 383 Å². The largest absolute Gasteiger partial charge is 0.504 e. The summed E-state index contributed by atoms with van der Waals surface area (Å²) in [5.41, 5.74) is -2.32. The van der Waals surface area contributed by atoms with Gasteiger partial charge in [-0.2, -0.15) is 0 Å². The second-order valence-electron chi connectivity index (χ2n) is 13.9. The van der Waals surface area contributed by atoms with Crippen molar-refractivity contribution in [3.63, 3.8) is 0 Å². The fourth-order valence-electron chi connectivity index (χ4n) is 6.10. The molecule has 5 aromatic carbocycles. The van der Waals surface area contributed by atoms with Gasteiger partial charge in [-0.3, -0.25) is 0 Å². The Labute approximate surface area is 368 Å². The van der Waals surface area contributed by atoms with E-state index in [1.165, 1.54) is 6.08 Å². The minimum atomic E-state index is -2.45. The number of esters is 5. The summed E-state index contributed by atoms with van der Waals surface area (Å²) in [5, 5.41) is 120. The van der Waals surface area contributed by atoms with Gasteiger partial charge in [-0.25, -0.2) is 24.0 Å². The Morgan fingerprint density at radius 2 is 0.818 bits per heavy atom. The summed E-state index contributed by atoms with van der Waals surface area (Å²) in [6, 6.07) is 13.1. The van der Waals surface area contributed by atoms with Gasteiger partial charge < -0.3 is 89.7 Å². The Balaban J connectivity index is 1.49.